The van der Waals surface area contributed by atoms with Crippen molar-refractivity contribution in [1.29, 1.82) is 0 Å². The Bertz CT molecular complexity index is 1040. The number of nitrogens with zero attached hydrogens (tertiary/aromatic N) is 2. The Labute approximate surface area is 204 Å². The molecule has 2 amide bonds. The molecule has 0 aromatic heterocycles. The second-order valence-electron chi connectivity index (χ2n) is 8.81. The number of carbonyl (C=O) groups excluding carboxylic acids is 2. The largest absolute Gasteiger partial charge is 0.352 e. The van der Waals surface area contributed by atoms with Crippen molar-refractivity contribution in [3.05, 3.63) is 65.7 Å². The van der Waals surface area contributed by atoms with E-state index in [4.69, 9.17) is 0 Å². The van der Waals surface area contributed by atoms with Crippen LogP contribution in [-0.4, -0.2) is 50.0 Å². The molecule has 0 heterocycles. The molecule has 1 atom stereocenters. The molecule has 0 radical (unpaired) electrons. The number of carbonyl (C=O) groups is 2. The van der Waals surface area contributed by atoms with E-state index in [9.17, 15) is 18.0 Å². The van der Waals surface area contributed by atoms with Gasteiger partial charge in [0.15, 0.2) is 0 Å². The Morgan fingerprint density at radius 1 is 0.941 bits per heavy atom. The van der Waals surface area contributed by atoms with E-state index in [1.54, 1.807) is 24.0 Å². The lowest BCUT2D eigenvalue weighted by Gasteiger charge is -2.30. The normalized spacial score (nSPS) is 12.3. The van der Waals surface area contributed by atoms with Crippen LogP contribution in [0, 0.1) is 0 Å². The third kappa shape index (κ3) is 8.17. The van der Waals surface area contributed by atoms with Gasteiger partial charge in [-0.2, -0.15) is 0 Å². The second kappa shape index (κ2) is 12.6. The minimum Gasteiger partial charge on any atom is -0.352 e. The van der Waals surface area contributed by atoms with E-state index < -0.39 is 16.1 Å². The van der Waals surface area contributed by atoms with Gasteiger partial charge in [0.05, 0.1) is 11.9 Å². The van der Waals surface area contributed by atoms with Gasteiger partial charge in [-0.3, -0.25) is 13.9 Å². The number of amides is 2. The maximum absolute atomic E-state index is 13.2. The maximum Gasteiger partial charge on any atom is 0.242 e. The van der Waals surface area contributed by atoms with Gasteiger partial charge in [-0.25, -0.2) is 8.42 Å². The Morgan fingerprint density at radius 2 is 1.56 bits per heavy atom. The van der Waals surface area contributed by atoms with Crippen LogP contribution >= 0.6 is 0 Å². The first kappa shape index (κ1) is 27.4. The molecule has 1 N–H and O–H groups in total. The summed E-state index contributed by atoms with van der Waals surface area (Å²) >= 11 is 0. The van der Waals surface area contributed by atoms with Crippen molar-refractivity contribution in [2.45, 2.75) is 65.6 Å². The first-order valence-corrected chi connectivity index (χ1v) is 13.6. The van der Waals surface area contributed by atoms with E-state index >= 15 is 0 Å². The molecular formula is C26H37N3O4S. The number of rotatable bonds is 12. The van der Waals surface area contributed by atoms with E-state index in [1.807, 2.05) is 63.2 Å². The number of hydrogen-bond acceptors (Lipinski definition) is 4. The van der Waals surface area contributed by atoms with Crippen molar-refractivity contribution in [2.24, 2.45) is 0 Å². The molecule has 186 valence electrons. The summed E-state index contributed by atoms with van der Waals surface area (Å²) in [5, 5.41) is 2.87. The van der Waals surface area contributed by atoms with Crippen molar-refractivity contribution >= 4 is 27.5 Å². The fraction of sp³-hybridized carbons (Fsp3) is 0.462. The molecule has 0 aliphatic rings. The van der Waals surface area contributed by atoms with Gasteiger partial charge in [0.2, 0.25) is 21.8 Å². The van der Waals surface area contributed by atoms with E-state index in [2.05, 4.69) is 5.32 Å². The molecule has 7 nitrogen and oxygen atoms in total. The van der Waals surface area contributed by atoms with Crippen molar-refractivity contribution in [2.75, 3.05) is 17.1 Å². The summed E-state index contributed by atoms with van der Waals surface area (Å²) in [4.78, 5) is 27.4. The summed E-state index contributed by atoms with van der Waals surface area (Å²) in [6, 6.07) is 16.2. The smallest absolute Gasteiger partial charge is 0.242 e. The van der Waals surface area contributed by atoms with Gasteiger partial charge in [-0.05, 0) is 56.9 Å². The topological polar surface area (TPSA) is 86.8 Å². The number of nitrogens with one attached hydrogen (secondary N) is 1. The first-order chi connectivity index (χ1) is 16.0. The number of aryl methyl sites for hydroxylation is 1. The summed E-state index contributed by atoms with van der Waals surface area (Å²) in [7, 11) is -3.50. The fourth-order valence-corrected chi connectivity index (χ4v) is 4.64. The average Bonchev–Trinajstić information content (AvgIpc) is 2.79. The van der Waals surface area contributed by atoms with Gasteiger partial charge < -0.3 is 10.2 Å². The average molecular weight is 488 g/mol. The van der Waals surface area contributed by atoms with E-state index in [0.717, 1.165) is 17.5 Å². The predicted molar refractivity (Wildman–Crippen MR) is 137 cm³/mol. The third-order valence-corrected chi connectivity index (χ3v) is 6.77. The van der Waals surface area contributed by atoms with Crippen LogP contribution in [0.25, 0.3) is 0 Å². The van der Waals surface area contributed by atoms with Gasteiger partial charge in [-0.15, -0.1) is 0 Å². The highest BCUT2D eigenvalue weighted by molar-refractivity contribution is 7.92. The minimum atomic E-state index is -3.50. The van der Waals surface area contributed by atoms with E-state index in [-0.39, 0.29) is 30.8 Å². The van der Waals surface area contributed by atoms with E-state index in [0.29, 0.717) is 18.7 Å². The summed E-state index contributed by atoms with van der Waals surface area (Å²) in [5.41, 5.74) is 2.63. The first-order valence-electron chi connectivity index (χ1n) is 11.7. The molecule has 0 saturated heterocycles. The Kier molecular flexibility index (Phi) is 10.1. The van der Waals surface area contributed by atoms with Gasteiger partial charge in [0.25, 0.3) is 0 Å². The van der Waals surface area contributed by atoms with Gasteiger partial charge in [-0.1, -0.05) is 49.4 Å². The quantitative estimate of drug-likeness (QED) is 0.494. The molecule has 8 heteroatoms. The molecule has 2 aromatic rings. The molecule has 0 spiro atoms. The maximum atomic E-state index is 13.2. The Balaban J connectivity index is 2.13. The highest BCUT2D eigenvalue weighted by Gasteiger charge is 2.27. The summed E-state index contributed by atoms with van der Waals surface area (Å²) in [6.07, 6.45) is 2.51. The number of hydrogen-bond donors (Lipinski definition) is 1. The zero-order valence-electron chi connectivity index (χ0n) is 20.8. The van der Waals surface area contributed by atoms with Crippen LogP contribution in [0.3, 0.4) is 0 Å². The zero-order valence-corrected chi connectivity index (χ0v) is 21.6. The summed E-state index contributed by atoms with van der Waals surface area (Å²) in [6.45, 7) is 8.00. The van der Waals surface area contributed by atoms with Gasteiger partial charge in [0.1, 0.15) is 6.04 Å². The Hall–Kier alpha value is -2.87. The number of sulfonamides is 1. The molecule has 2 aromatic carbocycles. The molecule has 2 rings (SSSR count). The molecular weight excluding hydrogens is 450 g/mol. The molecule has 0 aliphatic carbocycles. The summed E-state index contributed by atoms with van der Waals surface area (Å²) < 4.78 is 26.2. The third-order valence-electron chi connectivity index (χ3n) is 5.58. The van der Waals surface area contributed by atoms with Crippen LogP contribution in [-0.2, 0) is 32.6 Å². The monoisotopic (exact) mass is 487 g/mol. The van der Waals surface area contributed by atoms with Crippen molar-refractivity contribution in [3.8, 4) is 0 Å². The fourth-order valence-electron chi connectivity index (χ4n) is 3.67. The van der Waals surface area contributed by atoms with Crippen molar-refractivity contribution < 1.29 is 18.0 Å². The van der Waals surface area contributed by atoms with Gasteiger partial charge >= 0.3 is 0 Å². The lowest BCUT2D eigenvalue weighted by Crippen LogP contribution is -2.49. The second-order valence-corrected chi connectivity index (χ2v) is 10.7. The molecule has 0 bridgehead atoms. The number of anilines is 1. The molecule has 34 heavy (non-hydrogen) atoms. The molecule has 0 saturated carbocycles. The molecule has 0 fully saturated rings. The summed E-state index contributed by atoms with van der Waals surface area (Å²) in [5.74, 6) is -0.405. The predicted octanol–water partition coefficient (Wildman–Crippen LogP) is 3.74. The Morgan fingerprint density at radius 3 is 2.09 bits per heavy atom. The van der Waals surface area contributed by atoms with Gasteiger partial charge in [0, 0.05) is 25.6 Å². The van der Waals surface area contributed by atoms with Crippen molar-refractivity contribution in [3.63, 3.8) is 0 Å². The standard InChI is InChI=1S/C26H37N3O4S/c1-6-22-14-16-24(17-15-22)29(34(5,32)33)18-10-13-25(30)28(19-23-11-8-7-9-12-23)21(4)26(31)27-20(2)3/h7-9,11-12,14-17,20-21H,6,10,13,18-19H2,1-5H3,(H,27,31). The highest BCUT2D eigenvalue weighted by Crippen LogP contribution is 2.20. The van der Waals surface area contributed by atoms with Crippen LogP contribution in [0.15, 0.2) is 54.6 Å². The highest BCUT2D eigenvalue weighted by atomic mass is 32.2. The molecule has 0 aliphatic heterocycles. The van der Waals surface area contributed by atoms with Crippen LogP contribution in [0.5, 0.6) is 0 Å². The lowest BCUT2D eigenvalue weighted by atomic mass is 10.1. The van der Waals surface area contributed by atoms with Crippen LogP contribution < -0.4 is 9.62 Å². The zero-order chi connectivity index (χ0) is 25.3. The minimum absolute atomic E-state index is 0.0361. The van der Waals surface area contributed by atoms with Crippen molar-refractivity contribution in [1.82, 2.24) is 10.2 Å². The van der Waals surface area contributed by atoms with Crippen LogP contribution in [0.1, 0.15) is 51.7 Å². The SMILES string of the molecule is CCc1ccc(N(CCCC(=O)N(Cc2ccccc2)C(C)C(=O)NC(C)C)S(C)(=O)=O)cc1. The lowest BCUT2D eigenvalue weighted by molar-refractivity contribution is -0.140. The van der Waals surface area contributed by atoms with E-state index in [1.165, 1.54) is 10.6 Å². The van der Waals surface area contributed by atoms with Crippen LogP contribution in [0.4, 0.5) is 5.69 Å². The van der Waals surface area contributed by atoms with Crippen LogP contribution in [0.2, 0.25) is 0 Å². The number of benzene rings is 2. The molecule has 1 unspecified atom stereocenters.